The Morgan fingerprint density at radius 1 is 1.56 bits per heavy atom. The maximum atomic E-state index is 10.8. The highest BCUT2D eigenvalue weighted by molar-refractivity contribution is 7.15. The molecule has 0 amide bonds. The molecule has 1 aromatic carbocycles. The van der Waals surface area contributed by atoms with Crippen molar-refractivity contribution in [1.82, 2.24) is 4.98 Å². The van der Waals surface area contributed by atoms with Gasteiger partial charge in [-0.15, -0.1) is 11.3 Å². The van der Waals surface area contributed by atoms with E-state index < -0.39 is 0 Å². The van der Waals surface area contributed by atoms with E-state index in [-0.39, 0.29) is 10.6 Å². The number of anilines is 1. The van der Waals surface area contributed by atoms with E-state index in [4.69, 9.17) is 11.6 Å². The Balaban J connectivity index is 2.10. The predicted molar refractivity (Wildman–Crippen MR) is 72.3 cm³/mol. The number of halogens is 1. The Hall–Kier alpha value is -1.66. The second-order valence-corrected chi connectivity index (χ2v) is 5.39. The van der Waals surface area contributed by atoms with Crippen molar-refractivity contribution in [1.29, 1.82) is 0 Å². The monoisotopic (exact) mass is 283 g/mol. The first-order valence-electron chi connectivity index (χ1n) is 5.15. The lowest BCUT2D eigenvalue weighted by molar-refractivity contribution is -0.385. The molecule has 2 rings (SSSR count). The average Bonchev–Trinajstić information content (AvgIpc) is 2.74. The molecular formula is C11H10ClN3O2S. The topological polar surface area (TPSA) is 68.1 Å². The molecule has 0 spiro atoms. The molecule has 0 fully saturated rings. The highest BCUT2D eigenvalue weighted by Gasteiger charge is 2.10. The average molecular weight is 284 g/mol. The summed E-state index contributed by atoms with van der Waals surface area (Å²) in [6.45, 7) is 2.26. The van der Waals surface area contributed by atoms with Crippen LogP contribution in [-0.4, -0.2) is 9.91 Å². The lowest BCUT2D eigenvalue weighted by Gasteiger charge is -2.05. The summed E-state index contributed by atoms with van der Waals surface area (Å²) in [5.41, 5.74) is 1.46. The van der Waals surface area contributed by atoms with E-state index in [1.165, 1.54) is 17.4 Å². The molecule has 0 aliphatic heterocycles. The molecule has 0 aliphatic rings. The van der Waals surface area contributed by atoms with Crippen molar-refractivity contribution in [2.24, 2.45) is 0 Å². The van der Waals surface area contributed by atoms with Gasteiger partial charge in [-0.25, -0.2) is 4.98 Å². The number of rotatable bonds is 4. The molecule has 0 saturated carbocycles. The molecule has 1 N–H and O–H groups in total. The van der Waals surface area contributed by atoms with E-state index in [1.807, 2.05) is 6.07 Å². The third kappa shape index (κ3) is 2.96. The van der Waals surface area contributed by atoms with Crippen molar-refractivity contribution < 1.29 is 4.92 Å². The van der Waals surface area contributed by atoms with E-state index in [2.05, 4.69) is 10.3 Å². The van der Waals surface area contributed by atoms with Gasteiger partial charge in [0.1, 0.15) is 0 Å². The van der Waals surface area contributed by atoms with Crippen molar-refractivity contribution in [2.45, 2.75) is 13.5 Å². The summed E-state index contributed by atoms with van der Waals surface area (Å²) in [7, 11) is 0. The van der Waals surface area contributed by atoms with Crippen LogP contribution >= 0.6 is 22.9 Å². The van der Waals surface area contributed by atoms with Crippen LogP contribution < -0.4 is 5.32 Å². The van der Waals surface area contributed by atoms with Crippen LogP contribution in [0.1, 0.15) is 10.4 Å². The predicted octanol–water partition coefficient (Wildman–Crippen LogP) is 3.63. The minimum absolute atomic E-state index is 0.113. The number of nitrogens with one attached hydrogen (secondary N) is 1. The van der Waals surface area contributed by atoms with E-state index in [9.17, 15) is 10.1 Å². The first-order chi connectivity index (χ1) is 8.56. The maximum Gasteiger partial charge on any atom is 0.274 e. The Bertz CT molecular complexity index is 585. The summed E-state index contributed by atoms with van der Waals surface area (Å²) in [6.07, 6.45) is 1.68. The van der Waals surface area contributed by atoms with E-state index in [0.29, 0.717) is 22.3 Å². The number of aromatic nitrogens is 1. The third-order valence-corrected chi connectivity index (χ3v) is 3.51. The molecule has 94 valence electrons. The Kier molecular flexibility index (Phi) is 3.78. The van der Waals surface area contributed by atoms with Crippen molar-refractivity contribution >= 4 is 34.3 Å². The summed E-state index contributed by atoms with van der Waals surface area (Å²) in [6, 6.07) is 5.06. The molecule has 1 aromatic heterocycles. The second-order valence-electron chi connectivity index (χ2n) is 3.69. The number of nitrogens with zero attached hydrogens (tertiary/aromatic N) is 2. The lowest BCUT2D eigenvalue weighted by atomic mass is 10.2. The maximum absolute atomic E-state index is 10.8. The highest BCUT2D eigenvalue weighted by Crippen LogP contribution is 2.24. The van der Waals surface area contributed by atoms with E-state index >= 15 is 0 Å². The molecule has 0 atom stereocenters. The molecular weight excluding hydrogens is 274 g/mol. The van der Waals surface area contributed by atoms with Gasteiger partial charge in [0.2, 0.25) is 0 Å². The Morgan fingerprint density at radius 3 is 2.94 bits per heavy atom. The van der Waals surface area contributed by atoms with Gasteiger partial charge in [-0.05, 0) is 13.0 Å². The van der Waals surface area contributed by atoms with Gasteiger partial charge in [0.15, 0.2) is 4.47 Å². The molecule has 0 aliphatic carbocycles. The van der Waals surface area contributed by atoms with Gasteiger partial charge in [-0.2, -0.15) is 0 Å². The molecule has 0 unspecified atom stereocenters. The fourth-order valence-electron chi connectivity index (χ4n) is 1.47. The number of hydrogen-bond donors (Lipinski definition) is 1. The van der Waals surface area contributed by atoms with Crippen molar-refractivity contribution in [3.63, 3.8) is 0 Å². The van der Waals surface area contributed by atoms with Crippen LogP contribution in [0.15, 0.2) is 24.4 Å². The van der Waals surface area contributed by atoms with Crippen molar-refractivity contribution in [3.8, 4) is 0 Å². The molecule has 5 nitrogen and oxygen atoms in total. The number of thiazole rings is 1. The summed E-state index contributed by atoms with van der Waals surface area (Å²) >= 11 is 7.10. The van der Waals surface area contributed by atoms with Crippen molar-refractivity contribution in [2.75, 3.05) is 5.32 Å². The van der Waals surface area contributed by atoms with Gasteiger partial charge >= 0.3 is 0 Å². The van der Waals surface area contributed by atoms with Gasteiger partial charge in [0, 0.05) is 28.4 Å². The molecule has 18 heavy (non-hydrogen) atoms. The van der Waals surface area contributed by atoms with Crippen LogP contribution in [0, 0.1) is 17.0 Å². The number of nitro groups is 1. The van der Waals surface area contributed by atoms with Crippen molar-refractivity contribution in [3.05, 3.63) is 49.4 Å². The molecule has 2 aromatic rings. The fourth-order valence-corrected chi connectivity index (χ4v) is 2.39. The summed E-state index contributed by atoms with van der Waals surface area (Å²) in [5.74, 6) is 0. The summed E-state index contributed by atoms with van der Waals surface area (Å²) in [5, 5.41) is 13.9. The summed E-state index contributed by atoms with van der Waals surface area (Å²) in [4.78, 5) is 15.3. The highest BCUT2D eigenvalue weighted by atomic mass is 35.5. The minimum atomic E-state index is -0.385. The smallest absolute Gasteiger partial charge is 0.274 e. The standard InChI is InChI=1S/C11H10ClN3O2S/c1-7-2-3-8(4-10(7)15(16)17)13-5-9-6-14-11(12)18-9/h2-4,6,13H,5H2,1H3. The number of benzene rings is 1. The van der Waals surface area contributed by atoms with Crippen LogP contribution in [0.4, 0.5) is 11.4 Å². The quantitative estimate of drug-likeness (QED) is 0.687. The van der Waals surface area contributed by atoms with E-state index in [1.54, 1.807) is 19.2 Å². The molecule has 0 bridgehead atoms. The van der Waals surface area contributed by atoms with E-state index in [0.717, 1.165) is 4.88 Å². The molecule has 0 saturated heterocycles. The number of hydrogen-bond acceptors (Lipinski definition) is 5. The zero-order valence-corrected chi connectivity index (χ0v) is 11.1. The molecule has 1 heterocycles. The number of aryl methyl sites for hydroxylation is 1. The fraction of sp³-hybridized carbons (Fsp3) is 0.182. The van der Waals surface area contributed by atoms with Gasteiger partial charge in [0.25, 0.3) is 5.69 Å². The van der Waals surface area contributed by atoms with Crippen LogP contribution in [-0.2, 0) is 6.54 Å². The van der Waals surface area contributed by atoms with Gasteiger partial charge in [-0.1, -0.05) is 17.7 Å². The molecule has 0 radical (unpaired) electrons. The van der Waals surface area contributed by atoms with Crippen LogP contribution in [0.5, 0.6) is 0 Å². The SMILES string of the molecule is Cc1ccc(NCc2cnc(Cl)s2)cc1[N+](=O)[O-]. The third-order valence-electron chi connectivity index (χ3n) is 2.40. The largest absolute Gasteiger partial charge is 0.380 e. The zero-order valence-electron chi connectivity index (χ0n) is 9.51. The second kappa shape index (κ2) is 5.32. The zero-order chi connectivity index (χ0) is 13.1. The number of nitro benzene ring substituents is 1. The van der Waals surface area contributed by atoms with Crippen LogP contribution in [0.2, 0.25) is 4.47 Å². The first kappa shape index (κ1) is 12.8. The van der Waals surface area contributed by atoms with Crippen LogP contribution in [0.25, 0.3) is 0 Å². The normalized spacial score (nSPS) is 10.3. The van der Waals surface area contributed by atoms with Gasteiger partial charge in [-0.3, -0.25) is 10.1 Å². The summed E-state index contributed by atoms with van der Waals surface area (Å²) < 4.78 is 0.488. The van der Waals surface area contributed by atoms with Gasteiger partial charge in [0.05, 0.1) is 11.5 Å². The van der Waals surface area contributed by atoms with Crippen LogP contribution in [0.3, 0.4) is 0 Å². The first-order valence-corrected chi connectivity index (χ1v) is 6.35. The molecule has 7 heteroatoms. The lowest BCUT2D eigenvalue weighted by Crippen LogP contribution is -1.99. The minimum Gasteiger partial charge on any atom is -0.380 e. The Morgan fingerprint density at radius 2 is 2.33 bits per heavy atom. The van der Waals surface area contributed by atoms with Gasteiger partial charge < -0.3 is 5.32 Å². The Labute approximate surface area is 113 Å².